The van der Waals surface area contributed by atoms with E-state index in [4.69, 9.17) is 0 Å². The first-order valence-electron chi connectivity index (χ1n) is 5.72. The van der Waals surface area contributed by atoms with Crippen LogP contribution in [-0.2, 0) is 0 Å². The summed E-state index contributed by atoms with van der Waals surface area (Å²) < 4.78 is 0. The van der Waals surface area contributed by atoms with E-state index >= 15 is 0 Å². The van der Waals surface area contributed by atoms with E-state index in [1.54, 1.807) is 0 Å². The largest absolute Gasteiger partial charge is 0.176 e. The standard InChI is InChI=1S/C12H22S/c13-12-10-8-6-4-2-1-3-5-7-9-11-12/h2,4,12-13H,1,3,5-11H2. The SMILES string of the molecule is SC1CCCC=CCCCCCC1. The van der Waals surface area contributed by atoms with Crippen molar-refractivity contribution >= 4 is 12.6 Å². The summed E-state index contributed by atoms with van der Waals surface area (Å²) in [5.41, 5.74) is 0. The summed E-state index contributed by atoms with van der Waals surface area (Å²) in [5.74, 6) is 0. The van der Waals surface area contributed by atoms with Crippen molar-refractivity contribution in [2.45, 2.75) is 63.0 Å². The molecule has 0 spiro atoms. The summed E-state index contributed by atoms with van der Waals surface area (Å²) in [6.07, 6.45) is 16.8. The Kier molecular flexibility index (Phi) is 6.43. The summed E-state index contributed by atoms with van der Waals surface area (Å²) in [5, 5.41) is 0.660. The van der Waals surface area contributed by atoms with E-state index in [9.17, 15) is 0 Å². The van der Waals surface area contributed by atoms with Crippen molar-refractivity contribution < 1.29 is 0 Å². The van der Waals surface area contributed by atoms with Gasteiger partial charge in [-0.05, 0) is 38.5 Å². The van der Waals surface area contributed by atoms with Crippen LogP contribution >= 0.6 is 12.6 Å². The molecule has 1 unspecified atom stereocenters. The molecule has 1 atom stereocenters. The topological polar surface area (TPSA) is 0 Å². The van der Waals surface area contributed by atoms with Gasteiger partial charge < -0.3 is 0 Å². The zero-order valence-electron chi connectivity index (χ0n) is 8.54. The highest BCUT2D eigenvalue weighted by Crippen LogP contribution is 2.17. The molecule has 0 aliphatic heterocycles. The Morgan fingerprint density at radius 1 is 0.769 bits per heavy atom. The molecule has 0 aromatic rings. The smallest absolute Gasteiger partial charge is 0.00169 e. The molecule has 0 aromatic heterocycles. The van der Waals surface area contributed by atoms with Crippen molar-refractivity contribution in [3.63, 3.8) is 0 Å². The first-order valence-corrected chi connectivity index (χ1v) is 6.24. The summed E-state index contributed by atoms with van der Waals surface area (Å²) >= 11 is 4.60. The zero-order chi connectivity index (χ0) is 9.36. The highest BCUT2D eigenvalue weighted by Gasteiger charge is 2.02. The van der Waals surface area contributed by atoms with Crippen LogP contribution in [0.3, 0.4) is 0 Å². The van der Waals surface area contributed by atoms with Crippen molar-refractivity contribution in [1.29, 1.82) is 0 Å². The van der Waals surface area contributed by atoms with Crippen LogP contribution in [0.5, 0.6) is 0 Å². The van der Waals surface area contributed by atoms with Crippen LogP contribution in [0.15, 0.2) is 12.2 Å². The molecule has 0 radical (unpaired) electrons. The molecule has 1 aliphatic carbocycles. The summed E-state index contributed by atoms with van der Waals surface area (Å²) in [7, 11) is 0. The Hall–Kier alpha value is 0.0900. The quantitative estimate of drug-likeness (QED) is 0.434. The van der Waals surface area contributed by atoms with Gasteiger partial charge in [0, 0.05) is 5.25 Å². The molecule has 1 heteroatoms. The second-order valence-electron chi connectivity index (χ2n) is 4.05. The van der Waals surface area contributed by atoms with E-state index in [0.717, 1.165) is 0 Å². The molecule has 0 saturated carbocycles. The highest BCUT2D eigenvalue weighted by molar-refractivity contribution is 7.80. The second kappa shape index (κ2) is 7.49. The third-order valence-electron chi connectivity index (χ3n) is 2.73. The molecule has 0 amide bonds. The molecule has 0 saturated heterocycles. The number of rotatable bonds is 0. The van der Waals surface area contributed by atoms with E-state index in [2.05, 4.69) is 24.8 Å². The maximum absolute atomic E-state index is 4.60. The minimum absolute atomic E-state index is 0.660. The molecule has 0 bridgehead atoms. The van der Waals surface area contributed by atoms with Crippen LogP contribution in [0.4, 0.5) is 0 Å². The van der Waals surface area contributed by atoms with Gasteiger partial charge in [0.2, 0.25) is 0 Å². The third-order valence-corrected chi connectivity index (χ3v) is 3.25. The number of thiol groups is 1. The Bertz CT molecular complexity index is 140. The van der Waals surface area contributed by atoms with E-state index in [1.807, 2.05) is 0 Å². The highest BCUT2D eigenvalue weighted by atomic mass is 32.1. The molecule has 1 aliphatic rings. The minimum Gasteiger partial charge on any atom is -0.176 e. The molecule has 76 valence electrons. The molecule has 13 heavy (non-hydrogen) atoms. The molecule has 0 heterocycles. The second-order valence-corrected chi connectivity index (χ2v) is 4.78. The molecule has 0 N–H and O–H groups in total. The lowest BCUT2D eigenvalue weighted by molar-refractivity contribution is 0.577. The molecular weight excluding hydrogens is 176 g/mol. The van der Waals surface area contributed by atoms with Gasteiger partial charge in [0.25, 0.3) is 0 Å². The fourth-order valence-corrected chi connectivity index (χ4v) is 2.21. The summed E-state index contributed by atoms with van der Waals surface area (Å²) in [6, 6.07) is 0. The van der Waals surface area contributed by atoms with Crippen LogP contribution in [0.1, 0.15) is 57.8 Å². The molecule has 0 nitrogen and oxygen atoms in total. The monoisotopic (exact) mass is 198 g/mol. The number of allylic oxidation sites excluding steroid dienone is 2. The average molecular weight is 198 g/mol. The fourth-order valence-electron chi connectivity index (χ4n) is 1.85. The van der Waals surface area contributed by atoms with Gasteiger partial charge in [-0.15, -0.1) is 0 Å². The predicted molar refractivity (Wildman–Crippen MR) is 63.5 cm³/mol. The van der Waals surface area contributed by atoms with Gasteiger partial charge in [0.1, 0.15) is 0 Å². The molecule has 0 aromatic carbocycles. The van der Waals surface area contributed by atoms with E-state index < -0.39 is 0 Å². The van der Waals surface area contributed by atoms with Crippen LogP contribution in [-0.4, -0.2) is 5.25 Å². The molecule has 1 rings (SSSR count). The van der Waals surface area contributed by atoms with Crippen LogP contribution in [0.25, 0.3) is 0 Å². The van der Waals surface area contributed by atoms with Crippen LogP contribution in [0, 0.1) is 0 Å². The maximum atomic E-state index is 4.60. The third kappa shape index (κ3) is 6.20. The Morgan fingerprint density at radius 2 is 1.38 bits per heavy atom. The van der Waals surface area contributed by atoms with Crippen molar-refractivity contribution in [1.82, 2.24) is 0 Å². The van der Waals surface area contributed by atoms with E-state index in [0.29, 0.717) is 5.25 Å². The lowest BCUT2D eigenvalue weighted by Gasteiger charge is -2.10. The van der Waals surface area contributed by atoms with E-state index in [1.165, 1.54) is 57.8 Å². The van der Waals surface area contributed by atoms with Crippen LogP contribution < -0.4 is 0 Å². The minimum atomic E-state index is 0.660. The van der Waals surface area contributed by atoms with Crippen LogP contribution in [0.2, 0.25) is 0 Å². The van der Waals surface area contributed by atoms with Crippen molar-refractivity contribution in [2.24, 2.45) is 0 Å². The lowest BCUT2D eigenvalue weighted by Crippen LogP contribution is -1.98. The first kappa shape index (κ1) is 11.2. The van der Waals surface area contributed by atoms with Gasteiger partial charge >= 0.3 is 0 Å². The van der Waals surface area contributed by atoms with Gasteiger partial charge in [0.15, 0.2) is 0 Å². The van der Waals surface area contributed by atoms with Gasteiger partial charge in [-0.3, -0.25) is 0 Å². The first-order chi connectivity index (χ1) is 6.39. The van der Waals surface area contributed by atoms with E-state index in [-0.39, 0.29) is 0 Å². The van der Waals surface area contributed by atoms with Gasteiger partial charge in [-0.1, -0.05) is 31.4 Å². The maximum Gasteiger partial charge on any atom is 0.00169 e. The fraction of sp³-hybridized carbons (Fsp3) is 0.833. The summed E-state index contributed by atoms with van der Waals surface area (Å²) in [6.45, 7) is 0. The predicted octanol–water partition coefficient (Wildman–Crippen LogP) is 4.37. The van der Waals surface area contributed by atoms with Gasteiger partial charge in [0.05, 0.1) is 0 Å². The average Bonchev–Trinajstić information content (AvgIpc) is 2.11. The van der Waals surface area contributed by atoms with Crippen molar-refractivity contribution in [3.8, 4) is 0 Å². The Labute approximate surface area is 88.2 Å². The Morgan fingerprint density at radius 3 is 2.23 bits per heavy atom. The van der Waals surface area contributed by atoms with Gasteiger partial charge in [-0.25, -0.2) is 0 Å². The Balaban J connectivity index is 2.20. The van der Waals surface area contributed by atoms with Gasteiger partial charge in [-0.2, -0.15) is 12.6 Å². The summed E-state index contributed by atoms with van der Waals surface area (Å²) in [4.78, 5) is 0. The lowest BCUT2D eigenvalue weighted by atomic mass is 10.0. The normalized spacial score (nSPS) is 27.6. The number of hydrogen-bond donors (Lipinski definition) is 1. The van der Waals surface area contributed by atoms with Crippen molar-refractivity contribution in [3.05, 3.63) is 12.2 Å². The van der Waals surface area contributed by atoms with Crippen molar-refractivity contribution in [2.75, 3.05) is 0 Å². The molecular formula is C12H22S. The zero-order valence-corrected chi connectivity index (χ0v) is 9.44. The molecule has 0 fully saturated rings. The number of hydrogen-bond acceptors (Lipinski definition) is 1.